The summed E-state index contributed by atoms with van der Waals surface area (Å²) >= 11 is 0. The Balaban J connectivity index is 1.88. The molecule has 0 bridgehead atoms. The van der Waals surface area contributed by atoms with Crippen LogP contribution in [0.25, 0.3) is 5.69 Å². The molecule has 1 atom stereocenters. The van der Waals surface area contributed by atoms with E-state index in [4.69, 9.17) is 9.47 Å². The summed E-state index contributed by atoms with van der Waals surface area (Å²) in [6.07, 6.45) is 1.95. The molecule has 1 aliphatic rings. The number of benzene rings is 1. The van der Waals surface area contributed by atoms with E-state index in [9.17, 15) is 9.59 Å². The average Bonchev–Trinajstić information content (AvgIpc) is 3.14. The van der Waals surface area contributed by atoms with Gasteiger partial charge in [0.15, 0.2) is 11.4 Å². The number of amides is 1. The first-order chi connectivity index (χ1) is 12.1. The topological polar surface area (TPSA) is 82.5 Å². The molecule has 1 saturated heterocycles. The Hall–Kier alpha value is -2.67. The van der Waals surface area contributed by atoms with E-state index in [1.54, 1.807) is 12.1 Å². The first-order valence-electron chi connectivity index (χ1n) is 8.23. The van der Waals surface area contributed by atoms with Crippen LogP contribution >= 0.6 is 0 Å². The molecule has 1 N–H and O–H groups in total. The molecular weight excluding hydrogens is 322 g/mol. The number of ether oxygens (including phenoxy) is 2. The Morgan fingerprint density at radius 2 is 2.16 bits per heavy atom. The predicted octanol–water partition coefficient (Wildman–Crippen LogP) is 1.46. The Morgan fingerprint density at radius 3 is 2.80 bits per heavy atom. The molecule has 1 aromatic carbocycles. The molecule has 1 amide bonds. The van der Waals surface area contributed by atoms with Crippen molar-refractivity contribution in [3.63, 3.8) is 0 Å². The summed E-state index contributed by atoms with van der Waals surface area (Å²) in [5.41, 5.74) is 1.36. The molecular formula is C18H21N3O4. The van der Waals surface area contributed by atoms with Crippen LogP contribution in [-0.4, -0.2) is 42.1 Å². The van der Waals surface area contributed by atoms with Gasteiger partial charge < -0.3 is 14.8 Å². The number of carbonyl (C=O) groups is 1. The second-order valence-electron chi connectivity index (χ2n) is 5.99. The van der Waals surface area contributed by atoms with Gasteiger partial charge in [-0.25, -0.2) is 0 Å². The Kier molecular flexibility index (Phi) is 5.14. The fourth-order valence-electron chi connectivity index (χ4n) is 2.72. The molecule has 0 aliphatic carbocycles. The van der Waals surface area contributed by atoms with Gasteiger partial charge in [0.25, 0.3) is 11.5 Å². The normalized spacial score (nSPS) is 16.6. The van der Waals surface area contributed by atoms with Gasteiger partial charge in [-0.3, -0.25) is 9.59 Å². The Labute approximate surface area is 145 Å². The van der Waals surface area contributed by atoms with Gasteiger partial charge in [0.1, 0.15) is 0 Å². The van der Waals surface area contributed by atoms with E-state index < -0.39 is 5.91 Å². The molecule has 7 heteroatoms. The Bertz CT molecular complexity index is 808. The van der Waals surface area contributed by atoms with Crippen LogP contribution in [0.2, 0.25) is 0 Å². The number of hydrogen-bond donors (Lipinski definition) is 1. The molecule has 2 heterocycles. The van der Waals surface area contributed by atoms with Gasteiger partial charge in [0.05, 0.1) is 25.0 Å². The first kappa shape index (κ1) is 17.2. The summed E-state index contributed by atoms with van der Waals surface area (Å²) < 4.78 is 11.9. The van der Waals surface area contributed by atoms with E-state index in [1.807, 2.05) is 19.1 Å². The summed E-state index contributed by atoms with van der Waals surface area (Å²) in [7, 11) is 1.41. The molecule has 1 aromatic heterocycles. The van der Waals surface area contributed by atoms with Crippen LogP contribution in [0.5, 0.6) is 5.75 Å². The standard InChI is InChI=1S/C18H21N3O4/c1-12-5-7-13(8-6-12)21-16(22)10-15(24-2)17(20-21)18(23)19-11-14-4-3-9-25-14/h5-8,10,14H,3-4,9,11H2,1-2H3,(H,19,23). The zero-order chi connectivity index (χ0) is 17.8. The summed E-state index contributed by atoms with van der Waals surface area (Å²) in [6.45, 7) is 3.09. The molecule has 3 rings (SSSR count). The van der Waals surface area contributed by atoms with Crippen LogP contribution in [0, 0.1) is 6.92 Å². The average molecular weight is 343 g/mol. The highest BCUT2D eigenvalue weighted by Crippen LogP contribution is 2.15. The minimum Gasteiger partial charge on any atom is -0.494 e. The van der Waals surface area contributed by atoms with Crippen molar-refractivity contribution < 1.29 is 14.3 Å². The lowest BCUT2D eigenvalue weighted by Gasteiger charge is -2.13. The molecule has 1 unspecified atom stereocenters. The number of nitrogens with zero attached hydrogens (tertiary/aromatic N) is 2. The second-order valence-corrected chi connectivity index (χ2v) is 5.99. The van der Waals surface area contributed by atoms with E-state index >= 15 is 0 Å². The minimum absolute atomic E-state index is 0.0259. The van der Waals surface area contributed by atoms with Crippen LogP contribution < -0.4 is 15.6 Å². The lowest BCUT2D eigenvalue weighted by Crippen LogP contribution is -2.34. The maximum absolute atomic E-state index is 12.5. The summed E-state index contributed by atoms with van der Waals surface area (Å²) in [6, 6.07) is 8.60. The van der Waals surface area contributed by atoms with Crippen molar-refractivity contribution in [2.75, 3.05) is 20.3 Å². The van der Waals surface area contributed by atoms with Crippen molar-refractivity contribution in [2.45, 2.75) is 25.9 Å². The number of aryl methyl sites for hydroxylation is 1. The molecule has 1 aliphatic heterocycles. The van der Waals surface area contributed by atoms with E-state index in [0.29, 0.717) is 12.2 Å². The van der Waals surface area contributed by atoms with Crippen LogP contribution in [-0.2, 0) is 4.74 Å². The number of methoxy groups -OCH3 is 1. The van der Waals surface area contributed by atoms with Crippen LogP contribution in [0.1, 0.15) is 28.9 Å². The monoisotopic (exact) mass is 343 g/mol. The fraction of sp³-hybridized carbons (Fsp3) is 0.389. The van der Waals surface area contributed by atoms with E-state index in [1.165, 1.54) is 17.9 Å². The van der Waals surface area contributed by atoms with Gasteiger partial charge in [-0.1, -0.05) is 17.7 Å². The number of hydrogen-bond acceptors (Lipinski definition) is 5. The van der Waals surface area contributed by atoms with Gasteiger partial charge in [0.2, 0.25) is 0 Å². The molecule has 7 nitrogen and oxygen atoms in total. The lowest BCUT2D eigenvalue weighted by atomic mass is 10.2. The van der Waals surface area contributed by atoms with Crippen molar-refractivity contribution in [1.29, 1.82) is 0 Å². The van der Waals surface area contributed by atoms with Gasteiger partial charge in [0, 0.05) is 13.2 Å². The summed E-state index contributed by atoms with van der Waals surface area (Å²) in [4.78, 5) is 24.8. The van der Waals surface area contributed by atoms with Crippen molar-refractivity contribution >= 4 is 5.91 Å². The van der Waals surface area contributed by atoms with E-state index in [2.05, 4.69) is 10.4 Å². The maximum atomic E-state index is 12.5. The quantitative estimate of drug-likeness (QED) is 0.889. The van der Waals surface area contributed by atoms with Gasteiger partial charge >= 0.3 is 0 Å². The largest absolute Gasteiger partial charge is 0.494 e. The van der Waals surface area contributed by atoms with Crippen LogP contribution in [0.4, 0.5) is 0 Å². The van der Waals surface area contributed by atoms with Crippen LogP contribution in [0.3, 0.4) is 0 Å². The van der Waals surface area contributed by atoms with Crippen molar-refractivity contribution in [3.8, 4) is 11.4 Å². The summed E-state index contributed by atoms with van der Waals surface area (Å²) in [5, 5.41) is 7.02. The van der Waals surface area contributed by atoms with Crippen molar-refractivity contribution in [3.05, 3.63) is 51.9 Å². The molecule has 0 radical (unpaired) electrons. The molecule has 2 aromatic rings. The highest BCUT2D eigenvalue weighted by Gasteiger charge is 2.21. The fourth-order valence-corrected chi connectivity index (χ4v) is 2.72. The second kappa shape index (κ2) is 7.48. The third-order valence-corrected chi connectivity index (χ3v) is 4.12. The Morgan fingerprint density at radius 1 is 1.40 bits per heavy atom. The smallest absolute Gasteiger partial charge is 0.275 e. The van der Waals surface area contributed by atoms with E-state index in [-0.39, 0.29) is 23.1 Å². The zero-order valence-electron chi connectivity index (χ0n) is 14.3. The highest BCUT2D eigenvalue weighted by molar-refractivity contribution is 5.94. The first-order valence-corrected chi connectivity index (χ1v) is 8.23. The highest BCUT2D eigenvalue weighted by atomic mass is 16.5. The molecule has 0 saturated carbocycles. The maximum Gasteiger partial charge on any atom is 0.275 e. The minimum atomic E-state index is -0.395. The van der Waals surface area contributed by atoms with Crippen molar-refractivity contribution in [2.24, 2.45) is 0 Å². The van der Waals surface area contributed by atoms with Gasteiger partial charge in [-0.05, 0) is 31.9 Å². The predicted molar refractivity (Wildman–Crippen MR) is 92.4 cm³/mol. The zero-order valence-corrected chi connectivity index (χ0v) is 14.3. The summed E-state index contributed by atoms with van der Waals surface area (Å²) in [5.74, 6) is -0.244. The number of carbonyl (C=O) groups excluding carboxylic acids is 1. The SMILES string of the molecule is COc1cc(=O)n(-c2ccc(C)cc2)nc1C(=O)NCC1CCCO1. The number of aromatic nitrogens is 2. The lowest BCUT2D eigenvalue weighted by molar-refractivity contribution is 0.0849. The third-order valence-electron chi connectivity index (χ3n) is 4.12. The van der Waals surface area contributed by atoms with E-state index in [0.717, 1.165) is 25.0 Å². The van der Waals surface area contributed by atoms with Crippen molar-refractivity contribution in [1.82, 2.24) is 15.1 Å². The van der Waals surface area contributed by atoms with Gasteiger partial charge in [-0.2, -0.15) is 9.78 Å². The molecule has 132 valence electrons. The van der Waals surface area contributed by atoms with Crippen LogP contribution in [0.15, 0.2) is 35.1 Å². The third kappa shape index (κ3) is 3.88. The molecule has 25 heavy (non-hydrogen) atoms. The molecule has 1 fully saturated rings. The molecule has 0 spiro atoms. The van der Waals surface area contributed by atoms with Gasteiger partial charge in [-0.15, -0.1) is 0 Å². The number of rotatable bonds is 5. The number of nitrogens with one attached hydrogen (secondary N) is 1.